The number of anilines is 2. The largest absolute Gasteiger partial charge is 1.00 e. The molecule has 2 aromatic carbocycles. The van der Waals surface area contributed by atoms with Gasteiger partial charge in [0.25, 0.3) is 0 Å². The van der Waals surface area contributed by atoms with Gasteiger partial charge in [-0.25, -0.2) is 31.1 Å². The minimum Gasteiger partial charge on any atom is -0.512 e. The molecule has 0 fully saturated rings. The Balaban J connectivity index is -0.000000297. The monoisotopic (exact) mass is 693 g/mol. The Bertz CT molecular complexity index is 1500. The molecule has 8 N–H and O–H groups in total. The summed E-state index contributed by atoms with van der Waals surface area (Å²) in [5, 5.41) is 62.7. The van der Waals surface area contributed by atoms with Crippen LogP contribution in [-0.4, -0.2) is 133 Å². The summed E-state index contributed by atoms with van der Waals surface area (Å²) in [5.74, 6) is -2.40. The molecule has 0 spiro atoms. The van der Waals surface area contributed by atoms with Gasteiger partial charge in [0.15, 0.2) is 0 Å². The molecule has 0 aromatic heterocycles. The Morgan fingerprint density at radius 2 is 1.33 bits per heavy atom. The molecule has 0 amide bonds. The topological polar surface area (TPSA) is 292 Å². The normalized spacial score (nSPS) is 9.78. The first-order chi connectivity index (χ1) is 20.2. The smallest absolute Gasteiger partial charge is 0.512 e. The van der Waals surface area contributed by atoms with Crippen molar-refractivity contribution in [2.45, 2.75) is 0 Å². The third-order valence-corrected chi connectivity index (χ3v) is 6.56. The van der Waals surface area contributed by atoms with E-state index in [0.29, 0.717) is 17.7 Å². The van der Waals surface area contributed by atoms with E-state index < -0.39 is 46.0 Å². The number of nitrogens with zero attached hydrogens (tertiary/aromatic N) is 2. The molecule has 0 aliphatic carbocycles. The van der Waals surface area contributed by atoms with Gasteiger partial charge in [0.05, 0.1) is 29.7 Å². The third-order valence-electron chi connectivity index (χ3n) is 4.94. The minimum atomic E-state index is -3.17. The number of nitrogens with one attached hydrogen (secondary N) is 2. The molecule has 0 bridgehead atoms. The fraction of sp³-hybridized carbons (Fsp3) is 0.304. The molecule has 46 heavy (non-hydrogen) atoms. The van der Waals surface area contributed by atoms with E-state index >= 15 is 0 Å². The molecule has 2 aromatic rings. The van der Waals surface area contributed by atoms with E-state index in [0.717, 1.165) is 18.6 Å². The molecule has 0 unspecified atom stereocenters. The van der Waals surface area contributed by atoms with E-state index in [4.69, 9.17) is 42.1 Å². The van der Waals surface area contributed by atoms with Crippen molar-refractivity contribution in [2.24, 2.45) is 0 Å². The maximum atomic E-state index is 11.1. The Hall–Kier alpha value is -2.97. The molecule has 0 aliphatic heterocycles. The second kappa shape index (κ2) is 24.2. The van der Waals surface area contributed by atoms with Crippen molar-refractivity contribution in [2.75, 3.05) is 55.7 Å². The van der Waals surface area contributed by atoms with Crippen LogP contribution < -0.4 is 55.4 Å². The summed E-state index contributed by atoms with van der Waals surface area (Å²) < 4.78 is 44.4. The summed E-state index contributed by atoms with van der Waals surface area (Å²) in [6, 6.07) is 8.00. The van der Waals surface area contributed by atoms with Gasteiger partial charge in [0, 0.05) is 46.7 Å². The number of benzene rings is 2. The van der Waals surface area contributed by atoms with Gasteiger partial charge in [-0.2, -0.15) is 0 Å². The number of aldehydes is 1. The number of carbonyl (C=O) groups is 3. The molecule has 3 radical (unpaired) electrons. The molecule has 0 saturated heterocycles. The van der Waals surface area contributed by atoms with Crippen LogP contribution in [0.2, 0.25) is 0 Å². The summed E-state index contributed by atoms with van der Waals surface area (Å²) in [5.41, 5.74) is 1.02. The van der Waals surface area contributed by atoms with E-state index in [1.165, 1.54) is 30.3 Å². The number of carboxylic acids is 2. The van der Waals surface area contributed by atoms with Gasteiger partial charge in [-0.05, 0) is 47.3 Å². The fourth-order valence-corrected chi connectivity index (χ4v) is 3.79. The average molecular weight is 693 g/mol. The van der Waals surface area contributed by atoms with Crippen LogP contribution in [-0.2, 0) is 24.7 Å². The second-order valence-corrected chi connectivity index (χ2v) is 12.7. The first kappa shape index (κ1) is 49.9. The van der Waals surface area contributed by atoms with Crippen molar-refractivity contribution >= 4 is 83.0 Å². The molecule has 245 valence electrons. The average Bonchev–Trinajstić information content (AvgIpc) is 2.95. The van der Waals surface area contributed by atoms with Crippen LogP contribution in [0.1, 0.15) is 20.7 Å². The number of hydrogen-bond donors (Lipinski definition) is 8. The Kier molecular flexibility index (Phi) is 26.3. The van der Waals surface area contributed by atoms with Crippen molar-refractivity contribution in [3.63, 3.8) is 0 Å². The second-order valence-electron chi connectivity index (χ2n) is 8.60. The molecule has 0 saturated carbocycles. The van der Waals surface area contributed by atoms with E-state index in [1.807, 2.05) is 4.72 Å². The molecule has 23 heteroatoms. The fourth-order valence-electron chi connectivity index (χ4n) is 2.81. The van der Waals surface area contributed by atoms with Crippen molar-refractivity contribution in [3.8, 4) is 0 Å². The first-order valence-electron chi connectivity index (χ1n) is 11.9. The van der Waals surface area contributed by atoms with Crippen LogP contribution in [0, 0.1) is 11.8 Å². The predicted molar refractivity (Wildman–Crippen MR) is 169 cm³/mol. The van der Waals surface area contributed by atoms with E-state index in [-0.39, 0.29) is 78.9 Å². The number of aromatic carboxylic acids is 2. The number of carboxylic acid groups (broad SMARTS) is 2. The molecular formula is C23H33B3N4NaO13S2. The maximum absolute atomic E-state index is 11.1. The van der Waals surface area contributed by atoms with Crippen LogP contribution in [0.25, 0.3) is 0 Å². The van der Waals surface area contributed by atoms with Gasteiger partial charge in [-0.3, -0.25) is 0 Å². The van der Waals surface area contributed by atoms with Gasteiger partial charge in [-0.1, -0.05) is 0 Å². The van der Waals surface area contributed by atoms with Crippen LogP contribution in [0.3, 0.4) is 0 Å². The summed E-state index contributed by atoms with van der Waals surface area (Å²) in [6.07, 6.45) is 2.59. The van der Waals surface area contributed by atoms with Crippen LogP contribution in [0.5, 0.6) is 0 Å². The van der Waals surface area contributed by atoms with Gasteiger partial charge in [0.2, 0.25) is 10.0 Å². The molecule has 2 rings (SSSR count). The maximum Gasteiger partial charge on any atom is 1.00 e. The molecule has 0 heterocycles. The number of sulfone groups is 1. The summed E-state index contributed by atoms with van der Waals surface area (Å²) >= 11 is 0. The Labute approximate surface area is 292 Å². The van der Waals surface area contributed by atoms with Crippen LogP contribution in [0.15, 0.2) is 36.4 Å². The van der Waals surface area contributed by atoms with Crippen LogP contribution >= 0.6 is 0 Å². The van der Waals surface area contributed by atoms with Gasteiger partial charge in [0.1, 0.15) is 16.1 Å². The number of sulfonamides is 1. The standard InChI is InChI=1S/C11H16BNO6S.C8H10BNO4.C3H7NO3S.CN.B.Na/c1-13(3-4-20(2,18)19)10-6-8(11(14)15)5-9(7-10)12(16)17;1-10-7-3-5(8(11)12)2-6(4-7)9(13)14;1-8(6,7)4-2-3-5;1-2;;/h5-7,16-17H,3-4H2,1-2H3,(H,14,15);2-4,10,13-14H,1H3,(H,11,12);3-4H,2H2,1H3;;;/q;;;-1;;+1. The van der Waals surface area contributed by atoms with Crippen molar-refractivity contribution < 1.29 is 91.1 Å². The Morgan fingerprint density at radius 3 is 1.65 bits per heavy atom. The van der Waals surface area contributed by atoms with Crippen molar-refractivity contribution in [1.29, 1.82) is 5.26 Å². The van der Waals surface area contributed by atoms with Gasteiger partial charge >= 0.3 is 55.7 Å². The van der Waals surface area contributed by atoms with E-state index in [9.17, 15) is 31.2 Å². The number of rotatable bonds is 12. The number of carbonyl (C=O) groups excluding carboxylic acids is 1. The first-order valence-corrected chi connectivity index (χ1v) is 15.8. The Morgan fingerprint density at radius 1 is 0.891 bits per heavy atom. The predicted octanol–water partition coefficient (Wildman–Crippen LogP) is -6.89. The third kappa shape index (κ3) is 22.5. The van der Waals surface area contributed by atoms with E-state index in [1.54, 1.807) is 19.0 Å². The summed E-state index contributed by atoms with van der Waals surface area (Å²) in [7, 11) is -6.55. The minimum absolute atomic E-state index is 0. The van der Waals surface area contributed by atoms with Crippen molar-refractivity contribution in [3.05, 3.63) is 54.1 Å². The molecule has 17 nitrogen and oxygen atoms in total. The molecule has 0 aliphatic rings. The molecule has 0 atom stereocenters. The summed E-state index contributed by atoms with van der Waals surface area (Å²) in [4.78, 5) is 32.7. The zero-order chi connectivity index (χ0) is 34.8. The zero-order valence-corrected chi connectivity index (χ0v) is 29.3. The van der Waals surface area contributed by atoms with E-state index in [2.05, 4.69) is 5.32 Å². The zero-order valence-electron chi connectivity index (χ0n) is 25.6. The quantitative estimate of drug-likeness (QED) is 0.0582. The van der Waals surface area contributed by atoms with Crippen molar-refractivity contribution in [1.82, 2.24) is 4.72 Å². The summed E-state index contributed by atoms with van der Waals surface area (Å²) in [6.45, 7) is 4.78. The SMILES string of the molecule is CN(CCS(C)(=O)=O)c1cc(B(O)O)cc(C(=O)O)c1.CNc1cc(B(O)O)cc(C(=O)O)c1.CS(=O)(=O)NCC=O.[B].[C-]#N.[Na+]. The van der Waals surface area contributed by atoms with Crippen LogP contribution in [0.4, 0.5) is 11.4 Å². The number of hydrogen-bond acceptors (Lipinski definition) is 14. The molecular weight excluding hydrogens is 660 g/mol. The van der Waals surface area contributed by atoms with Gasteiger partial charge < -0.3 is 57.2 Å². The van der Waals surface area contributed by atoms with Gasteiger partial charge in [-0.15, -0.1) is 0 Å².